The number of rotatable bonds is 6. The molecule has 0 radical (unpaired) electrons. The summed E-state index contributed by atoms with van der Waals surface area (Å²) in [6, 6.07) is 0. The fraction of sp³-hybridized carbons (Fsp3) is 0.941. The number of nitrogens with zero attached hydrogens (tertiary/aromatic N) is 1. The molecule has 0 aliphatic carbocycles. The van der Waals surface area contributed by atoms with E-state index in [0.29, 0.717) is 12.5 Å². The van der Waals surface area contributed by atoms with Crippen LogP contribution in [0.15, 0.2) is 0 Å². The Hall–Kier alpha value is -0.810. The third-order valence-corrected chi connectivity index (χ3v) is 3.54. The summed E-state index contributed by atoms with van der Waals surface area (Å²) in [5, 5.41) is 2.84. The smallest absolute Gasteiger partial charge is 0.407 e. The fourth-order valence-corrected chi connectivity index (χ4v) is 2.41. The van der Waals surface area contributed by atoms with E-state index in [1.165, 1.54) is 12.8 Å². The molecule has 0 aromatic heterocycles. The molecule has 1 heterocycles. The maximum atomic E-state index is 11.5. The van der Waals surface area contributed by atoms with Crippen LogP contribution in [0.4, 0.5) is 4.79 Å². The van der Waals surface area contributed by atoms with Crippen LogP contribution < -0.4 is 5.32 Å². The van der Waals surface area contributed by atoms with Crippen LogP contribution in [0.1, 0.15) is 53.9 Å². The van der Waals surface area contributed by atoms with Crippen LogP contribution in [-0.2, 0) is 9.47 Å². The highest BCUT2D eigenvalue weighted by molar-refractivity contribution is 5.67. The van der Waals surface area contributed by atoms with Crippen molar-refractivity contribution in [3.8, 4) is 0 Å². The van der Waals surface area contributed by atoms with E-state index >= 15 is 0 Å². The summed E-state index contributed by atoms with van der Waals surface area (Å²) < 4.78 is 10.3. The van der Waals surface area contributed by atoms with E-state index in [9.17, 15) is 4.79 Å². The van der Waals surface area contributed by atoms with Crippen LogP contribution in [0.2, 0.25) is 0 Å². The van der Waals surface area contributed by atoms with Crippen molar-refractivity contribution in [1.82, 2.24) is 10.2 Å². The molecule has 0 aromatic carbocycles. The van der Waals surface area contributed by atoms with Crippen molar-refractivity contribution in [2.24, 2.45) is 5.92 Å². The third kappa shape index (κ3) is 10.9. The van der Waals surface area contributed by atoms with Gasteiger partial charge in [0, 0.05) is 20.2 Å². The zero-order valence-corrected chi connectivity index (χ0v) is 15.4. The summed E-state index contributed by atoms with van der Waals surface area (Å²) in [5.41, 5.74) is -0.420. The van der Waals surface area contributed by atoms with Crippen LogP contribution in [0.25, 0.3) is 0 Å². The molecule has 0 unspecified atom stereocenters. The molecule has 5 heteroatoms. The van der Waals surface area contributed by atoms with Crippen LogP contribution in [0.5, 0.6) is 0 Å². The molecule has 1 saturated heterocycles. The summed E-state index contributed by atoms with van der Waals surface area (Å²) >= 11 is 0. The van der Waals surface area contributed by atoms with Gasteiger partial charge in [-0.2, -0.15) is 0 Å². The number of hydrogen-bond acceptors (Lipinski definition) is 4. The molecule has 0 saturated carbocycles. The average molecular weight is 316 g/mol. The van der Waals surface area contributed by atoms with Gasteiger partial charge in [-0.25, -0.2) is 4.79 Å². The highest BCUT2D eigenvalue weighted by atomic mass is 16.6. The van der Waals surface area contributed by atoms with Crippen molar-refractivity contribution >= 4 is 6.09 Å². The number of nitrogens with one attached hydrogen (secondary N) is 1. The molecular formula is C17H36N2O3. The molecule has 0 atom stereocenters. The second-order valence-electron chi connectivity index (χ2n) is 6.50. The minimum absolute atomic E-state index is 0.310. The number of piperidine rings is 1. The first-order valence-corrected chi connectivity index (χ1v) is 8.59. The predicted molar refractivity (Wildman–Crippen MR) is 91.2 cm³/mol. The van der Waals surface area contributed by atoms with Gasteiger partial charge < -0.3 is 19.7 Å². The Labute approximate surface area is 136 Å². The first kappa shape index (κ1) is 21.2. The van der Waals surface area contributed by atoms with Gasteiger partial charge in [0.1, 0.15) is 5.60 Å². The maximum Gasteiger partial charge on any atom is 0.407 e. The average Bonchev–Trinajstić information content (AvgIpc) is 2.46. The summed E-state index contributed by atoms with van der Waals surface area (Å²) in [6.45, 7) is 14.5. The third-order valence-electron chi connectivity index (χ3n) is 3.54. The number of carbonyl (C=O) groups is 1. The lowest BCUT2D eigenvalue weighted by Crippen LogP contribution is -2.37. The van der Waals surface area contributed by atoms with E-state index in [0.717, 1.165) is 32.7 Å². The number of alkyl carbamates (subject to hydrolysis) is 1. The monoisotopic (exact) mass is 316 g/mol. The van der Waals surface area contributed by atoms with Gasteiger partial charge in [0.15, 0.2) is 0 Å². The molecule has 132 valence electrons. The Morgan fingerprint density at radius 3 is 2.32 bits per heavy atom. The molecule has 1 aliphatic rings. The molecule has 1 fully saturated rings. The number of methoxy groups -OCH3 is 1. The lowest BCUT2D eigenvalue weighted by Gasteiger charge is -2.31. The van der Waals surface area contributed by atoms with Crippen molar-refractivity contribution in [3.63, 3.8) is 0 Å². The van der Waals surface area contributed by atoms with Crippen molar-refractivity contribution in [2.45, 2.75) is 59.5 Å². The van der Waals surface area contributed by atoms with E-state index in [2.05, 4.69) is 10.2 Å². The van der Waals surface area contributed by atoms with Gasteiger partial charge in [-0.1, -0.05) is 13.8 Å². The van der Waals surface area contributed by atoms with Crippen LogP contribution in [0, 0.1) is 5.92 Å². The number of hydrogen-bond donors (Lipinski definition) is 1. The van der Waals surface area contributed by atoms with Crippen LogP contribution in [-0.4, -0.2) is 56.5 Å². The van der Waals surface area contributed by atoms with Gasteiger partial charge in [0.2, 0.25) is 0 Å². The lowest BCUT2D eigenvalue weighted by molar-refractivity contribution is 0.0521. The van der Waals surface area contributed by atoms with Crippen LogP contribution >= 0.6 is 0 Å². The number of amides is 1. The van der Waals surface area contributed by atoms with Gasteiger partial charge in [-0.3, -0.25) is 0 Å². The second-order valence-corrected chi connectivity index (χ2v) is 6.50. The molecule has 1 aliphatic heterocycles. The Balaban J connectivity index is 0.00000211. The van der Waals surface area contributed by atoms with Crippen molar-refractivity contribution < 1.29 is 14.3 Å². The highest BCUT2D eigenvalue weighted by Crippen LogP contribution is 2.19. The number of carbonyl (C=O) groups excluding carboxylic acids is 1. The Morgan fingerprint density at radius 1 is 1.23 bits per heavy atom. The quantitative estimate of drug-likeness (QED) is 0.817. The van der Waals surface area contributed by atoms with Gasteiger partial charge in [0.25, 0.3) is 0 Å². The van der Waals surface area contributed by atoms with Crippen molar-refractivity contribution in [1.29, 1.82) is 0 Å². The molecule has 0 aromatic rings. The normalized spacial score (nSPS) is 16.6. The van der Waals surface area contributed by atoms with Gasteiger partial charge in [-0.05, 0) is 59.0 Å². The second kappa shape index (κ2) is 11.7. The Kier molecular flexibility index (Phi) is 11.3. The zero-order chi connectivity index (χ0) is 17.0. The lowest BCUT2D eigenvalue weighted by atomic mass is 9.93. The standard InChI is InChI=1S/C15H30N2O3.C2H6/c1-15(2,3)20-14(18)16-8-5-13-6-9-17(10-7-13)11-12-19-4;1-2/h13H,5-12H2,1-4H3,(H,16,18);1-2H3. The van der Waals surface area contributed by atoms with Crippen LogP contribution in [0.3, 0.4) is 0 Å². The predicted octanol–water partition coefficient (Wildman–Crippen LogP) is 3.29. The molecule has 22 heavy (non-hydrogen) atoms. The molecule has 1 N–H and O–H groups in total. The topological polar surface area (TPSA) is 50.8 Å². The van der Waals surface area contributed by atoms with E-state index < -0.39 is 5.60 Å². The van der Waals surface area contributed by atoms with E-state index in [1.54, 1.807) is 7.11 Å². The van der Waals surface area contributed by atoms with E-state index in [1.807, 2.05) is 34.6 Å². The minimum Gasteiger partial charge on any atom is -0.444 e. The summed E-state index contributed by atoms with van der Waals surface area (Å²) in [4.78, 5) is 14.0. The Morgan fingerprint density at radius 2 is 1.82 bits per heavy atom. The van der Waals surface area contributed by atoms with Gasteiger partial charge in [-0.15, -0.1) is 0 Å². The van der Waals surface area contributed by atoms with Gasteiger partial charge in [0.05, 0.1) is 6.61 Å². The first-order chi connectivity index (χ1) is 10.4. The first-order valence-electron chi connectivity index (χ1n) is 8.59. The van der Waals surface area contributed by atoms with E-state index in [4.69, 9.17) is 9.47 Å². The fourth-order valence-electron chi connectivity index (χ4n) is 2.41. The summed E-state index contributed by atoms with van der Waals surface area (Å²) in [6.07, 6.45) is 3.14. The molecule has 0 bridgehead atoms. The molecule has 1 rings (SSSR count). The summed E-state index contributed by atoms with van der Waals surface area (Å²) in [5.74, 6) is 0.712. The Bertz CT molecular complexity index is 282. The number of ether oxygens (including phenoxy) is 2. The summed E-state index contributed by atoms with van der Waals surface area (Å²) in [7, 11) is 1.75. The minimum atomic E-state index is -0.420. The molecule has 1 amide bonds. The van der Waals surface area contributed by atoms with Gasteiger partial charge >= 0.3 is 6.09 Å². The van der Waals surface area contributed by atoms with Crippen molar-refractivity contribution in [2.75, 3.05) is 39.9 Å². The molecule has 5 nitrogen and oxygen atoms in total. The zero-order valence-electron chi connectivity index (χ0n) is 15.4. The maximum absolute atomic E-state index is 11.5. The largest absolute Gasteiger partial charge is 0.444 e. The van der Waals surface area contributed by atoms with E-state index in [-0.39, 0.29) is 6.09 Å². The highest BCUT2D eigenvalue weighted by Gasteiger charge is 2.20. The SMILES string of the molecule is CC.COCCN1CCC(CCNC(=O)OC(C)(C)C)CC1. The molecule has 0 spiro atoms. The van der Waals surface area contributed by atoms with Crippen molar-refractivity contribution in [3.05, 3.63) is 0 Å². The molecular weight excluding hydrogens is 280 g/mol. The number of likely N-dealkylation sites (tertiary alicyclic amines) is 1.